The fourth-order valence-electron chi connectivity index (χ4n) is 1.66. The van der Waals surface area contributed by atoms with E-state index in [1.54, 1.807) is 26.3 Å². The number of amides is 1. The zero-order valence-corrected chi connectivity index (χ0v) is 14.7. The molecule has 7 heteroatoms. The van der Waals surface area contributed by atoms with E-state index in [2.05, 4.69) is 15.6 Å². The summed E-state index contributed by atoms with van der Waals surface area (Å²) < 4.78 is 4.98. The van der Waals surface area contributed by atoms with Crippen LogP contribution < -0.4 is 16.4 Å². The molecule has 0 saturated carbocycles. The van der Waals surface area contributed by atoms with Crippen molar-refractivity contribution in [3.8, 4) is 0 Å². The van der Waals surface area contributed by atoms with Crippen LogP contribution in [0.4, 0.5) is 0 Å². The number of nitrogens with two attached hydrogens (primary N) is 1. The number of primary amides is 1. The summed E-state index contributed by atoms with van der Waals surface area (Å²) in [5.41, 5.74) is 6.73. The lowest BCUT2D eigenvalue weighted by molar-refractivity contribution is 0.1000. The molecule has 0 fully saturated rings. The minimum Gasteiger partial charge on any atom is -0.385 e. The zero-order chi connectivity index (χ0) is 14.8. The maximum Gasteiger partial charge on any atom is 0.248 e. The number of nitrogens with zero attached hydrogens (tertiary/aromatic N) is 1. The van der Waals surface area contributed by atoms with Gasteiger partial charge >= 0.3 is 0 Å². The average Bonchev–Trinajstić information content (AvgIpc) is 2.47. The summed E-state index contributed by atoms with van der Waals surface area (Å²) in [5, 5.41) is 6.35. The maximum absolute atomic E-state index is 11.1. The van der Waals surface area contributed by atoms with Crippen LogP contribution in [-0.2, 0) is 11.3 Å². The molecule has 0 aliphatic heterocycles. The van der Waals surface area contributed by atoms with Gasteiger partial charge in [-0.15, -0.1) is 24.0 Å². The summed E-state index contributed by atoms with van der Waals surface area (Å²) in [6.07, 6.45) is 0.911. The number of ether oxygens (including phenoxy) is 1. The Morgan fingerprint density at radius 2 is 2.14 bits per heavy atom. The third-order valence-electron chi connectivity index (χ3n) is 2.71. The number of benzene rings is 1. The van der Waals surface area contributed by atoms with E-state index < -0.39 is 5.91 Å². The van der Waals surface area contributed by atoms with Gasteiger partial charge in [-0.1, -0.05) is 12.1 Å². The lowest BCUT2D eigenvalue weighted by Gasteiger charge is -2.12. The summed E-state index contributed by atoms with van der Waals surface area (Å²) in [6.45, 7) is 2.07. The van der Waals surface area contributed by atoms with Crippen LogP contribution in [-0.4, -0.2) is 39.2 Å². The first-order chi connectivity index (χ1) is 9.67. The van der Waals surface area contributed by atoms with Gasteiger partial charge < -0.3 is 21.1 Å². The van der Waals surface area contributed by atoms with E-state index in [0.717, 1.165) is 18.5 Å². The minimum atomic E-state index is -0.422. The highest BCUT2D eigenvalue weighted by Crippen LogP contribution is 2.04. The molecule has 0 atom stereocenters. The summed E-state index contributed by atoms with van der Waals surface area (Å²) in [5.74, 6) is 0.291. The topological polar surface area (TPSA) is 88.7 Å². The Bertz CT molecular complexity index is 466. The smallest absolute Gasteiger partial charge is 0.248 e. The van der Waals surface area contributed by atoms with Crippen molar-refractivity contribution in [2.75, 3.05) is 27.3 Å². The highest BCUT2D eigenvalue weighted by Gasteiger charge is 2.02. The third-order valence-corrected chi connectivity index (χ3v) is 2.71. The molecular formula is C14H23IN4O2. The molecule has 1 amide bonds. The monoisotopic (exact) mass is 406 g/mol. The van der Waals surface area contributed by atoms with Gasteiger partial charge in [0.2, 0.25) is 5.91 Å². The highest BCUT2D eigenvalue weighted by molar-refractivity contribution is 14.0. The van der Waals surface area contributed by atoms with E-state index in [9.17, 15) is 4.79 Å². The van der Waals surface area contributed by atoms with Gasteiger partial charge in [-0.3, -0.25) is 9.79 Å². The molecule has 1 rings (SSSR count). The average molecular weight is 406 g/mol. The van der Waals surface area contributed by atoms with Crippen molar-refractivity contribution in [3.05, 3.63) is 35.4 Å². The number of carbonyl (C=O) groups excluding carboxylic acids is 1. The first-order valence-corrected chi connectivity index (χ1v) is 6.49. The van der Waals surface area contributed by atoms with Gasteiger partial charge in [0.25, 0.3) is 0 Å². The van der Waals surface area contributed by atoms with E-state index in [-0.39, 0.29) is 24.0 Å². The number of halogens is 1. The summed E-state index contributed by atoms with van der Waals surface area (Å²) >= 11 is 0. The molecule has 0 spiro atoms. The molecule has 21 heavy (non-hydrogen) atoms. The summed E-state index contributed by atoms with van der Waals surface area (Å²) in [7, 11) is 3.39. The Morgan fingerprint density at radius 1 is 1.38 bits per heavy atom. The normalized spacial score (nSPS) is 10.7. The number of methoxy groups -OCH3 is 1. The summed E-state index contributed by atoms with van der Waals surface area (Å²) in [6, 6.07) is 7.21. The predicted molar refractivity (Wildman–Crippen MR) is 95.1 cm³/mol. The number of carbonyl (C=O) groups is 1. The van der Waals surface area contributed by atoms with Crippen LogP contribution >= 0.6 is 24.0 Å². The van der Waals surface area contributed by atoms with Crippen LogP contribution in [0.3, 0.4) is 0 Å². The second-order valence-electron chi connectivity index (χ2n) is 4.26. The van der Waals surface area contributed by atoms with Crippen LogP contribution in [0, 0.1) is 0 Å². The van der Waals surface area contributed by atoms with Gasteiger partial charge in [0, 0.05) is 39.4 Å². The van der Waals surface area contributed by atoms with E-state index in [1.807, 2.05) is 12.1 Å². The minimum absolute atomic E-state index is 0. The molecule has 118 valence electrons. The highest BCUT2D eigenvalue weighted by atomic mass is 127. The molecule has 1 aromatic rings. The Hall–Kier alpha value is -1.35. The van der Waals surface area contributed by atoms with Gasteiger partial charge in [0.05, 0.1) is 0 Å². The quantitative estimate of drug-likeness (QED) is 0.274. The van der Waals surface area contributed by atoms with E-state index in [4.69, 9.17) is 10.5 Å². The van der Waals surface area contributed by atoms with Crippen LogP contribution in [0.5, 0.6) is 0 Å². The molecule has 4 N–H and O–H groups in total. The first-order valence-electron chi connectivity index (χ1n) is 6.49. The van der Waals surface area contributed by atoms with Crippen molar-refractivity contribution in [2.24, 2.45) is 10.7 Å². The van der Waals surface area contributed by atoms with Crippen molar-refractivity contribution in [1.29, 1.82) is 0 Å². The Kier molecular flexibility index (Phi) is 10.6. The van der Waals surface area contributed by atoms with Crippen LogP contribution in [0.2, 0.25) is 0 Å². The molecule has 0 bridgehead atoms. The van der Waals surface area contributed by atoms with Crippen molar-refractivity contribution in [3.63, 3.8) is 0 Å². The Balaban J connectivity index is 0.00000400. The SMILES string of the molecule is CN=C(NCCCOC)NCc1cccc(C(N)=O)c1.I. The molecular weight excluding hydrogens is 383 g/mol. The van der Waals surface area contributed by atoms with Gasteiger partial charge in [-0.05, 0) is 24.1 Å². The number of nitrogens with one attached hydrogen (secondary N) is 2. The van der Waals surface area contributed by atoms with Crippen molar-refractivity contribution in [2.45, 2.75) is 13.0 Å². The standard InChI is InChI=1S/C14H22N4O2.HI/c1-16-14(17-7-4-8-20-2)18-10-11-5-3-6-12(9-11)13(15)19;/h3,5-6,9H,4,7-8,10H2,1-2H3,(H2,15,19)(H2,16,17,18);1H. The Morgan fingerprint density at radius 3 is 2.76 bits per heavy atom. The fraction of sp³-hybridized carbons (Fsp3) is 0.429. The number of aliphatic imine (C=N–C) groups is 1. The molecule has 0 aliphatic rings. The van der Waals surface area contributed by atoms with E-state index in [1.165, 1.54) is 0 Å². The van der Waals surface area contributed by atoms with Gasteiger partial charge in [-0.2, -0.15) is 0 Å². The zero-order valence-electron chi connectivity index (χ0n) is 12.4. The van der Waals surface area contributed by atoms with Gasteiger partial charge in [0.1, 0.15) is 0 Å². The van der Waals surface area contributed by atoms with Crippen molar-refractivity contribution >= 4 is 35.8 Å². The first kappa shape index (κ1) is 19.7. The van der Waals surface area contributed by atoms with Gasteiger partial charge in [-0.25, -0.2) is 0 Å². The second kappa shape index (κ2) is 11.3. The number of guanidine groups is 1. The number of hydrogen-bond donors (Lipinski definition) is 3. The predicted octanol–water partition coefficient (Wildman–Crippen LogP) is 1.10. The molecule has 0 unspecified atom stereocenters. The number of hydrogen-bond acceptors (Lipinski definition) is 3. The summed E-state index contributed by atoms with van der Waals surface area (Å²) in [4.78, 5) is 15.2. The number of rotatable bonds is 7. The van der Waals surface area contributed by atoms with Crippen LogP contribution in [0.15, 0.2) is 29.3 Å². The molecule has 0 radical (unpaired) electrons. The molecule has 0 heterocycles. The molecule has 6 nitrogen and oxygen atoms in total. The largest absolute Gasteiger partial charge is 0.385 e. The van der Waals surface area contributed by atoms with E-state index >= 15 is 0 Å². The fourth-order valence-corrected chi connectivity index (χ4v) is 1.66. The lowest BCUT2D eigenvalue weighted by atomic mass is 10.1. The molecule has 0 saturated heterocycles. The second-order valence-corrected chi connectivity index (χ2v) is 4.26. The van der Waals surface area contributed by atoms with Crippen molar-refractivity contribution in [1.82, 2.24) is 10.6 Å². The molecule has 0 aliphatic carbocycles. The molecule has 1 aromatic carbocycles. The maximum atomic E-state index is 11.1. The van der Waals surface area contributed by atoms with Crippen molar-refractivity contribution < 1.29 is 9.53 Å². The lowest BCUT2D eigenvalue weighted by Crippen LogP contribution is -2.37. The van der Waals surface area contributed by atoms with Crippen LogP contribution in [0.25, 0.3) is 0 Å². The van der Waals surface area contributed by atoms with E-state index in [0.29, 0.717) is 24.7 Å². The third kappa shape index (κ3) is 7.86. The van der Waals surface area contributed by atoms with Crippen LogP contribution in [0.1, 0.15) is 22.3 Å². The van der Waals surface area contributed by atoms with Gasteiger partial charge in [0.15, 0.2) is 5.96 Å². The Labute approximate surface area is 142 Å². The molecule has 0 aromatic heterocycles.